The van der Waals surface area contributed by atoms with Gasteiger partial charge in [-0.15, -0.1) is 0 Å². The standard InChI is InChI=1S/C10H17NO3/c1-6(2)9(7(3)12)11-10(13)14-8-4-5-8/h6,8-9H,4-5H2,1-3H3,(H,11,13). The second-order valence-electron chi connectivity index (χ2n) is 4.08. The molecule has 1 fully saturated rings. The van der Waals surface area contributed by atoms with E-state index in [1.807, 2.05) is 13.8 Å². The average molecular weight is 199 g/mol. The molecule has 1 N–H and O–H groups in total. The lowest BCUT2D eigenvalue weighted by molar-refractivity contribution is -0.119. The quantitative estimate of drug-likeness (QED) is 0.746. The number of hydrogen-bond donors (Lipinski definition) is 1. The number of ketones is 1. The van der Waals surface area contributed by atoms with Crippen molar-refractivity contribution in [1.82, 2.24) is 5.32 Å². The number of ether oxygens (including phenoxy) is 1. The van der Waals surface area contributed by atoms with Crippen LogP contribution in [0.1, 0.15) is 33.6 Å². The van der Waals surface area contributed by atoms with Gasteiger partial charge in [0.1, 0.15) is 6.10 Å². The fourth-order valence-corrected chi connectivity index (χ4v) is 1.24. The molecule has 1 saturated carbocycles. The maximum Gasteiger partial charge on any atom is 0.407 e. The summed E-state index contributed by atoms with van der Waals surface area (Å²) in [6.07, 6.45) is 1.50. The Morgan fingerprint density at radius 3 is 2.29 bits per heavy atom. The summed E-state index contributed by atoms with van der Waals surface area (Å²) in [5.41, 5.74) is 0. The van der Waals surface area contributed by atoms with E-state index in [0.717, 1.165) is 12.8 Å². The summed E-state index contributed by atoms with van der Waals surface area (Å²) in [7, 11) is 0. The van der Waals surface area contributed by atoms with Crippen molar-refractivity contribution in [3.8, 4) is 0 Å². The van der Waals surface area contributed by atoms with Crippen molar-refractivity contribution in [1.29, 1.82) is 0 Å². The van der Waals surface area contributed by atoms with Crippen LogP contribution < -0.4 is 5.32 Å². The minimum absolute atomic E-state index is 0.0345. The van der Waals surface area contributed by atoms with Gasteiger partial charge in [0.15, 0.2) is 5.78 Å². The van der Waals surface area contributed by atoms with E-state index in [9.17, 15) is 9.59 Å². The third-order valence-corrected chi connectivity index (χ3v) is 2.18. The minimum Gasteiger partial charge on any atom is -0.446 e. The van der Waals surface area contributed by atoms with Gasteiger partial charge in [-0.3, -0.25) is 4.79 Å². The van der Waals surface area contributed by atoms with E-state index in [-0.39, 0.29) is 17.8 Å². The Labute approximate surface area is 84.0 Å². The zero-order valence-corrected chi connectivity index (χ0v) is 8.87. The molecule has 1 aliphatic carbocycles. The second-order valence-corrected chi connectivity index (χ2v) is 4.08. The molecule has 1 amide bonds. The molecule has 1 atom stereocenters. The molecule has 0 aliphatic heterocycles. The normalized spacial score (nSPS) is 17.7. The Hall–Kier alpha value is -1.06. The van der Waals surface area contributed by atoms with Crippen molar-refractivity contribution in [3.05, 3.63) is 0 Å². The van der Waals surface area contributed by atoms with Crippen molar-refractivity contribution in [2.24, 2.45) is 5.92 Å². The fraction of sp³-hybridized carbons (Fsp3) is 0.800. The predicted molar refractivity (Wildman–Crippen MR) is 51.9 cm³/mol. The fourth-order valence-electron chi connectivity index (χ4n) is 1.24. The van der Waals surface area contributed by atoms with Crippen molar-refractivity contribution >= 4 is 11.9 Å². The van der Waals surface area contributed by atoms with Gasteiger partial charge in [-0.25, -0.2) is 4.79 Å². The van der Waals surface area contributed by atoms with Crippen LogP contribution in [-0.4, -0.2) is 24.0 Å². The van der Waals surface area contributed by atoms with Crippen LogP contribution in [0.25, 0.3) is 0 Å². The monoisotopic (exact) mass is 199 g/mol. The first kappa shape index (κ1) is 11.0. The molecule has 1 unspecified atom stereocenters. The SMILES string of the molecule is CC(=O)C(NC(=O)OC1CC1)C(C)C. The number of amides is 1. The molecule has 14 heavy (non-hydrogen) atoms. The molecule has 0 aromatic heterocycles. The van der Waals surface area contributed by atoms with Crippen LogP contribution >= 0.6 is 0 Å². The van der Waals surface area contributed by atoms with Gasteiger partial charge in [-0.05, 0) is 25.7 Å². The number of carbonyl (C=O) groups is 2. The molecule has 0 saturated heterocycles. The minimum atomic E-state index is -0.471. The molecule has 0 spiro atoms. The van der Waals surface area contributed by atoms with E-state index < -0.39 is 12.1 Å². The van der Waals surface area contributed by atoms with Gasteiger partial charge in [-0.1, -0.05) is 13.8 Å². The summed E-state index contributed by atoms with van der Waals surface area (Å²) in [6, 6.07) is -0.429. The summed E-state index contributed by atoms with van der Waals surface area (Å²) in [5.74, 6) is 0.0620. The summed E-state index contributed by atoms with van der Waals surface area (Å²) in [6.45, 7) is 5.26. The maximum absolute atomic E-state index is 11.2. The Bertz CT molecular complexity index is 234. The molecule has 80 valence electrons. The Kier molecular flexibility index (Phi) is 3.49. The van der Waals surface area contributed by atoms with E-state index in [1.54, 1.807) is 0 Å². The highest BCUT2D eigenvalue weighted by Gasteiger charge is 2.28. The second kappa shape index (κ2) is 4.44. The van der Waals surface area contributed by atoms with E-state index in [1.165, 1.54) is 6.92 Å². The highest BCUT2D eigenvalue weighted by atomic mass is 16.6. The van der Waals surface area contributed by atoms with Gasteiger partial charge in [0, 0.05) is 0 Å². The van der Waals surface area contributed by atoms with Crippen LogP contribution in [-0.2, 0) is 9.53 Å². The van der Waals surface area contributed by atoms with Crippen molar-refractivity contribution in [3.63, 3.8) is 0 Å². The van der Waals surface area contributed by atoms with Gasteiger partial charge >= 0.3 is 6.09 Å². The van der Waals surface area contributed by atoms with Crippen LogP contribution in [0.5, 0.6) is 0 Å². The first-order chi connectivity index (χ1) is 6.50. The number of carbonyl (C=O) groups excluding carboxylic acids is 2. The number of hydrogen-bond acceptors (Lipinski definition) is 3. The molecule has 0 bridgehead atoms. The van der Waals surface area contributed by atoms with Crippen LogP contribution in [0.3, 0.4) is 0 Å². The average Bonchev–Trinajstić information content (AvgIpc) is 2.82. The van der Waals surface area contributed by atoms with Crippen molar-refractivity contribution in [2.45, 2.75) is 45.8 Å². The first-order valence-corrected chi connectivity index (χ1v) is 4.98. The van der Waals surface area contributed by atoms with Crippen LogP contribution in [0.2, 0.25) is 0 Å². The van der Waals surface area contributed by atoms with Gasteiger partial charge in [-0.2, -0.15) is 0 Å². The van der Waals surface area contributed by atoms with Crippen LogP contribution in [0.15, 0.2) is 0 Å². The number of Topliss-reactive ketones (excluding diaryl/α,β-unsaturated/α-hetero) is 1. The van der Waals surface area contributed by atoms with Crippen LogP contribution in [0, 0.1) is 5.92 Å². The topological polar surface area (TPSA) is 55.4 Å². The summed E-state index contributed by atoms with van der Waals surface area (Å²) in [5, 5.41) is 2.58. The Balaban J connectivity index is 2.37. The molecule has 1 aliphatic rings. The molecule has 1 rings (SSSR count). The maximum atomic E-state index is 11.2. The van der Waals surface area contributed by atoms with Gasteiger partial charge in [0.2, 0.25) is 0 Å². The van der Waals surface area contributed by atoms with Crippen molar-refractivity contribution in [2.75, 3.05) is 0 Å². The van der Waals surface area contributed by atoms with Crippen molar-refractivity contribution < 1.29 is 14.3 Å². The summed E-state index contributed by atoms with van der Waals surface area (Å²) in [4.78, 5) is 22.4. The van der Waals surface area contributed by atoms with Gasteiger partial charge < -0.3 is 10.1 Å². The molecule has 0 aromatic carbocycles. The lowest BCUT2D eigenvalue weighted by atomic mass is 10.0. The van der Waals surface area contributed by atoms with E-state index >= 15 is 0 Å². The number of alkyl carbamates (subject to hydrolysis) is 1. The molecular weight excluding hydrogens is 182 g/mol. The highest BCUT2D eigenvalue weighted by Crippen LogP contribution is 2.23. The smallest absolute Gasteiger partial charge is 0.407 e. The highest BCUT2D eigenvalue weighted by molar-refractivity contribution is 5.85. The molecule has 0 aromatic rings. The molecule has 4 heteroatoms. The van der Waals surface area contributed by atoms with Gasteiger partial charge in [0.25, 0.3) is 0 Å². The lowest BCUT2D eigenvalue weighted by Gasteiger charge is -2.18. The van der Waals surface area contributed by atoms with Gasteiger partial charge in [0.05, 0.1) is 6.04 Å². The zero-order valence-electron chi connectivity index (χ0n) is 8.87. The number of nitrogens with one attached hydrogen (secondary N) is 1. The first-order valence-electron chi connectivity index (χ1n) is 4.98. The summed E-state index contributed by atoms with van der Waals surface area (Å²) >= 11 is 0. The van der Waals surface area contributed by atoms with E-state index in [4.69, 9.17) is 4.74 Å². The molecular formula is C10H17NO3. The third kappa shape index (κ3) is 3.36. The zero-order chi connectivity index (χ0) is 10.7. The predicted octanol–water partition coefficient (Wildman–Crippen LogP) is 1.49. The Morgan fingerprint density at radius 2 is 1.93 bits per heavy atom. The summed E-state index contributed by atoms with van der Waals surface area (Å²) < 4.78 is 4.99. The molecule has 0 radical (unpaired) electrons. The largest absolute Gasteiger partial charge is 0.446 e. The van der Waals surface area contributed by atoms with E-state index in [0.29, 0.717) is 0 Å². The Morgan fingerprint density at radius 1 is 1.36 bits per heavy atom. The number of rotatable bonds is 4. The third-order valence-electron chi connectivity index (χ3n) is 2.18. The van der Waals surface area contributed by atoms with Crippen LogP contribution in [0.4, 0.5) is 4.79 Å². The lowest BCUT2D eigenvalue weighted by Crippen LogP contribution is -2.43. The van der Waals surface area contributed by atoms with E-state index in [2.05, 4.69) is 5.32 Å². The molecule has 0 heterocycles. The molecule has 4 nitrogen and oxygen atoms in total.